The molecule has 1 aromatic rings. The molecule has 1 N–H and O–H groups in total. The Labute approximate surface area is 98.7 Å². The van der Waals surface area contributed by atoms with Crippen molar-refractivity contribution >= 4 is 17.4 Å². The van der Waals surface area contributed by atoms with E-state index in [1.165, 1.54) is 10.6 Å². The van der Waals surface area contributed by atoms with Gasteiger partial charge in [0.2, 0.25) is 0 Å². The number of nitrogens with one attached hydrogen (secondary N) is 1. The minimum Gasteiger partial charge on any atom is -0.384 e. The summed E-state index contributed by atoms with van der Waals surface area (Å²) in [5, 5.41) is 3.45. The molecule has 0 aliphatic carbocycles. The lowest BCUT2D eigenvalue weighted by Gasteiger charge is -2.19. The first-order chi connectivity index (χ1) is 6.51. The summed E-state index contributed by atoms with van der Waals surface area (Å²) >= 11 is 1.78. The van der Waals surface area contributed by atoms with Gasteiger partial charge in [-0.1, -0.05) is 34.3 Å². The maximum atomic E-state index is 3.45. The van der Waals surface area contributed by atoms with Gasteiger partial charge in [-0.15, -0.1) is 11.8 Å². The van der Waals surface area contributed by atoms with Crippen molar-refractivity contribution in [3.63, 3.8) is 0 Å². The highest BCUT2D eigenvalue weighted by Gasteiger charge is 2.09. The van der Waals surface area contributed by atoms with Crippen LogP contribution in [0.1, 0.15) is 28.2 Å². The summed E-state index contributed by atoms with van der Waals surface area (Å²) in [5.74, 6) is 0. The fourth-order valence-corrected chi connectivity index (χ4v) is 1.56. The molecule has 15 heavy (non-hydrogen) atoms. The lowest BCUT2D eigenvalue weighted by atomic mass is 9.97. The highest BCUT2D eigenvalue weighted by atomic mass is 32.2. The maximum Gasteiger partial charge on any atom is 0.0351 e. The van der Waals surface area contributed by atoms with Crippen LogP contribution in [0.3, 0.4) is 0 Å². The quantitative estimate of drug-likeness (QED) is 0.760. The minimum absolute atomic E-state index is 0. The molecule has 0 fully saturated rings. The fraction of sp³-hybridized carbons (Fsp3) is 0.538. The lowest BCUT2D eigenvalue weighted by Crippen LogP contribution is -2.18. The first-order valence-corrected chi connectivity index (χ1v) is 6.12. The topological polar surface area (TPSA) is 12.0 Å². The lowest BCUT2D eigenvalue weighted by molar-refractivity contribution is 0.443. The Morgan fingerprint density at radius 1 is 1.27 bits per heavy atom. The van der Waals surface area contributed by atoms with Crippen molar-refractivity contribution in [3.8, 4) is 0 Å². The van der Waals surface area contributed by atoms with Gasteiger partial charge >= 0.3 is 0 Å². The predicted molar refractivity (Wildman–Crippen MR) is 72.9 cm³/mol. The highest BCUT2D eigenvalue weighted by molar-refractivity contribution is 7.98. The van der Waals surface area contributed by atoms with Gasteiger partial charge in [0.15, 0.2) is 0 Å². The second-order valence-electron chi connectivity index (χ2n) is 4.65. The molecular weight excluding hydrogens is 202 g/mol. The molecule has 0 aliphatic heterocycles. The third kappa shape index (κ3) is 5.73. The molecule has 86 valence electrons. The van der Waals surface area contributed by atoms with E-state index in [-0.39, 0.29) is 7.43 Å². The molecule has 0 amide bonds. The number of thioether (sulfide) groups is 1. The van der Waals surface area contributed by atoms with E-state index in [0.717, 1.165) is 6.54 Å². The second kappa shape index (κ2) is 6.06. The van der Waals surface area contributed by atoms with Crippen molar-refractivity contribution in [2.75, 3.05) is 18.1 Å². The molecule has 0 saturated carbocycles. The molecule has 0 radical (unpaired) electrons. The van der Waals surface area contributed by atoms with Crippen LogP contribution in [0.5, 0.6) is 0 Å². The van der Waals surface area contributed by atoms with Crippen molar-refractivity contribution in [2.24, 2.45) is 5.41 Å². The van der Waals surface area contributed by atoms with E-state index in [9.17, 15) is 0 Å². The fourth-order valence-electron chi connectivity index (χ4n) is 1.10. The average Bonchev–Trinajstić information content (AvgIpc) is 2.14. The molecule has 0 aromatic heterocycles. The van der Waals surface area contributed by atoms with Crippen LogP contribution in [0, 0.1) is 5.41 Å². The molecule has 1 nitrogen and oxygen atoms in total. The molecule has 0 aliphatic rings. The normalized spacial score (nSPS) is 10.7. The van der Waals surface area contributed by atoms with Crippen LogP contribution < -0.4 is 5.32 Å². The van der Waals surface area contributed by atoms with Gasteiger partial charge in [0.1, 0.15) is 0 Å². The van der Waals surface area contributed by atoms with Crippen LogP contribution in [-0.4, -0.2) is 12.8 Å². The standard InChI is InChI=1S/C12H19NS.CH4/c1-12(2,3)9-13-10-6-5-7-11(8-10)14-4;/h5-8,13H,9H2,1-4H3;1H4. The summed E-state index contributed by atoms with van der Waals surface area (Å²) in [7, 11) is 0. The zero-order chi connectivity index (χ0) is 10.6. The summed E-state index contributed by atoms with van der Waals surface area (Å²) in [6, 6.07) is 8.53. The number of benzene rings is 1. The van der Waals surface area contributed by atoms with Crippen LogP contribution in [-0.2, 0) is 0 Å². The molecule has 0 heterocycles. The third-order valence-electron chi connectivity index (χ3n) is 1.89. The molecule has 0 bridgehead atoms. The Bertz CT molecular complexity index is 289. The molecule has 1 rings (SSSR count). The number of rotatable bonds is 3. The zero-order valence-corrected chi connectivity index (χ0v) is 10.2. The van der Waals surface area contributed by atoms with Crippen molar-refractivity contribution in [2.45, 2.75) is 33.1 Å². The van der Waals surface area contributed by atoms with Gasteiger partial charge in [-0.05, 0) is 29.9 Å². The van der Waals surface area contributed by atoms with E-state index >= 15 is 0 Å². The Hall–Kier alpha value is -0.630. The predicted octanol–water partition coefficient (Wildman–Crippen LogP) is 4.50. The van der Waals surface area contributed by atoms with Crippen LogP contribution in [0.4, 0.5) is 5.69 Å². The highest BCUT2D eigenvalue weighted by Crippen LogP contribution is 2.20. The van der Waals surface area contributed by atoms with Crippen LogP contribution in [0.2, 0.25) is 0 Å². The summed E-state index contributed by atoms with van der Waals surface area (Å²) in [5.41, 5.74) is 1.54. The van der Waals surface area contributed by atoms with Gasteiger partial charge in [-0.25, -0.2) is 0 Å². The van der Waals surface area contributed by atoms with Gasteiger partial charge in [0, 0.05) is 17.1 Å². The Kier molecular flexibility index (Phi) is 5.81. The van der Waals surface area contributed by atoms with Crippen molar-refractivity contribution in [1.29, 1.82) is 0 Å². The monoisotopic (exact) mass is 225 g/mol. The first-order valence-electron chi connectivity index (χ1n) is 4.89. The summed E-state index contributed by atoms with van der Waals surface area (Å²) in [4.78, 5) is 1.31. The van der Waals surface area contributed by atoms with Gasteiger partial charge in [-0.3, -0.25) is 0 Å². The summed E-state index contributed by atoms with van der Waals surface area (Å²) < 4.78 is 0. The maximum absolute atomic E-state index is 3.45. The summed E-state index contributed by atoms with van der Waals surface area (Å²) in [6.45, 7) is 7.71. The van der Waals surface area contributed by atoms with Gasteiger partial charge in [0.05, 0.1) is 0 Å². The Morgan fingerprint density at radius 2 is 1.93 bits per heavy atom. The Morgan fingerprint density at radius 3 is 2.47 bits per heavy atom. The Balaban J connectivity index is 0.00000196. The van der Waals surface area contributed by atoms with E-state index in [4.69, 9.17) is 0 Å². The minimum atomic E-state index is 0. The van der Waals surface area contributed by atoms with E-state index in [2.05, 4.69) is 56.6 Å². The van der Waals surface area contributed by atoms with Crippen LogP contribution in [0.15, 0.2) is 29.2 Å². The van der Waals surface area contributed by atoms with Crippen molar-refractivity contribution in [1.82, 2.24) is 0 Å². The van der Waals surface area contributed by atoms with Crippen LogP contribution >= 0.6 is 11.8 Å². The van der Waals surface area contributed by atoms with Crippen LogP contribution in [0.25, 0.3) is 0 Å². The van der Waals surface area contributed by atoms with Gasteiger partial charge < -0.3 is 5.32 Å². The van der Waals surface area contributed by atoms with Gasteiger partial charge in [-0.2, -0.15) is 0 Å². The number of anilines is 1. The molecule has 1 aromatic carbocycles. The molecule has 0 saturated heterocycles. The van der Waals surface area contributed by atoms with Crippen molar-refractivity contribution in [3.05, 3.63) is 24.3 Å². The number of hydrogen-bond donors (Lipinski definition) is 1. The summed E-state index contributed by atoms with van der Waals surface area (Å²) in [6.07, 6.45) is 2.10. The smallest absolute Gasteiger partial charge is 0.0351 e. The van der Waals surface area contributed by atoms with Crippen molar-refractivity contribution < 1.29 is 0 Å². The molecule has 2 heteroatoms. The second-order valence-corrected chi connectivity index (χ2v) is 5.53. The largest absolute Gasteiger partial charge is 0.384 e. The molecule has 0 unspecified atom stereocenters. The van der Waals surface area contributed by atoms with E-state index < -0.39 is 0 Å². The molecule has 0 atom stereocenters. The zero-order valence-electron chi connectivity index (χ0n) is 9.42. The van der Waals surface area contributed by atoms with E-state index in [0.29, 0.717) is 5.41 Å². The first kappa shape index (κ1) is 14.4. The SMILES string of the molecule is C.CSc1cccc(NCC(C)(C)C)c1. The van der Waals surface area contributed by atoms with Gasteiger partial charge in [0.25, 0.3) is 0 Å². The number of hydrogen-bond acceptors (Lipinski definition) is 2. The average molecular weight is 225 g/mol. The van der Waals surface area contributed by atoms with E-state index in [1.54, 1.807) is 11.8 Å². The third-order valence-corrected chi connectivity index (χ3v) is 2.62. The van der Waals surface area contributed by atoms with E-state index in [1.807, 2.05) is 0 Å². The molecule has 0 spiro atoms. The molecular formula is C13H23NS.